The molecule has 0 aliphatic carbocycles. The van der Waals surface area contributed by atoms with E-state index in [9.17, 15) is 4.79 Å². The van der Waals surface area contributed by atoms with Crippen LogP contribution in [0.15, 0.2) is 0 Å². The van der Waals surface area contributed by atoms with Gasteiger partial charge >= 0.3 is 0 Å². The molecule has 2 aliphatic heterocycles. The van der Waals surface area contributed by atoms with Crippen molar-refractivity contribution in [1.29, 1.82) is 0 Å². The van der Waals surface area contributed by atoms with Crippen molar-refractivity contribution >= 4 is 5.91 Å². The Morgan fingerprint density at radius 1 is 1.24 bits per heavy atom. The number of aromatic nitrogens is 4. The fourth-order valence-corrected chi connectivity index (χ4v) is 4.27. The third kappa shape index (κ3) is 7.01. The Balaban J connectivity index is 1.36. The predicted molar refractivity (Wildman–Crippen MR) is 110 cm³/mol. The number of carbonyl (C=O) groups is 1. The zero-order valence-electron chi connectivity index (χ0n) is 18.3. The van der Waals surface area contributed by atoms with E-state index in [0.717, 1.165) is 71.3 Å². The molecule has 3 rings (SSSR count). The van der Waals surface area contributed by atoms with Crippen molar-refractivity contribution in [3.8, 4) is 0 Å². The standard InChI is InChI=1S/C20H37N7O2/c1-17(2)13-26-8-6-18(15-26)14-24(3)20(28)5-4-7-27-19(21-22-23-27)16-25-9-11-29-12-10-25/h17-18H,4-16H2,1-3H3/t18-/m0/s1. The summed E-state index contributed by atoms with van der Waals surface area (Å²) >= 11 is 0. The third-order valence-corrected chi connectivity index (χ3v) is 5.79. The van der Waals surface area contributed by atoms with E-state index < -0.39 is 0 Å². The number of hydrogen-bond acceptors (Lipinski definition) is 7. The van der Waals surface area contributed by atoms with Crippen LogP contribution in [-0.4, -0.2) is 100 Å². The molecule has 0 bridgehead atoms. The van der Waals surface area contributed by atoms with E-state index in [1.165, 1.54) is 6.42 Å². The molecule has 0 radical (unpaired) electrons. The van der Waals surface area contributed by atoms with E-state index in [1.807, 2.05) is 16.6 Å². The van der Waals surface area contributed by atoms with Gasteiger partial charge in [0.1, 0.15) is 0 Å². The van der Waals surface area contributed by atoms with Gasteiger partial charge in [-0.2, -0.15) is 0 Å². The summed E-state index contributed by atoms with van der Waals surface area (Å²) in [4.78, 5) is 19.3. The first kappa shape index (κ1) is 22.1. The molecule has 0 saturated carbocycles. The molecule has 0 spiro atoms. The summed E-state index contributed by atoms with van der Waals surface area (Å²) < 4.78 is 7.22. The molecule has 2 aliphatic rings. The smallest absolute Gasteiger partial charge is 0.222 e. The van der Waals surface area contributed by atoms with E-state index in [0.29, 0.717) is 24.8 Å². The van der Waals surface area contributed by atoms with Gasteiger partial charge in [0, 0.05) is 52.7 Å². The molecule has 2 saturated heterocycles. The van der Waals surface area contributed by atoms with E-state index in [2.05, 4.69) is 39.2 Å². The molecule has 0 N–H and O–H groups in total. The van der Waals surface area contributed by atoms with Gasteiger partial charge in [-0.3, -0.25) is 9.69 Å². The fraction of sp³-hybridized carbons (Fsp3) is 0.900. The summed E-state index contributed by atoms with van der Waals surface area (Å²) in [6, 6.07) is 0. The molecule has 1 aromatic rings. The summed E-state index contributed by atoms with van der Waals surface area (Å²) in [5.41, 5.74) is 0. The zero-order valence-corrected chi connectivity index (χ0v) is 18.3. The Labute approximate surface area is 174 Å². The van der Waals surface area contributed by atoms with Crippen molar-refractivity contribution in [2.45, 2.75) is 46.2 Å². The number of aryl methyl sites for hydroxylation is 1. The van der Waals surface area contributed by atoms with Gasteiger partial charge in [-0.1, -0.05) is 13.8 Å². The highest BCUT2D eigenvalue weighted by atomic mass is 16.5. The third-order valence-electron chi connectivity index (χ3n) is 5.79. The van der Waals surface area contributed by atoms with Gasteiger partial charge in [-0.15, -0.1) is 5.10 Å². The number of likely N-dealkylation sites (tertiary alicyclic amines) is 1. The van der Waals surface area contributed by atoms with E-state index >= 15 is 0 Å². The Morgan fingerprint density at radius 2 is 2.03 bits per heavy atom. The Morgan fingerprint density at radius 3 is 2.79 bits per heavy atom. The molecular formula is C20H37N7O2. The molecular weight excluding hydrogens is 370 g/mol. The average Bonchev–Trinajstić information content (AvgIpc) is 3.31. The summed E-state index contributed by atoms with van der Waals surface area (Å²) in [5, 5.41) is 12.1. The lowest BCUT2D eigenvalue weighted by Gasteiger charge is -2.25. The van der Waals surface area contributed by atoms with E-state index in [1.54, 1.807) is 0 Å². The Kier molecular flexibility index (Phi) is 8.38. The molecule has 29 heavy (non-hydrogen) atoms. The van der Waals surface area contributed by atoms with Gasteiger partial charge in [0.2, 0.25) is 5.91 Å². The number of rotatable bonds is 10. The van der Waals surface area contributed by atoms with Gasteiger partial charge in [0.25, 0.3) is 0 Å². The maximum atomic E-state index is 12.5. The second kappa shape index (κ2) is 11.0. The number of ether oxygens (including phenoxy) is 1. The van der Waals surface area contributed by atoms with Crippen LogP contribution in [0, 0.1) is 11.8 Å². The molecule has 0 unspecified atom stereocenters. The molecule has 0 aromatic carbocycles. The first-order valence-electron chi connectivity index (χ1n) is 11.0. The molecule has 1 aromatic heterocycles. The van der Waals surface area contributed by atoms with Crippen molar-refractivity contribution in [3.63, 3.8) is 0 Å². The normalized spacial score (nSPS) is 21.2. The topological polar surface area (TPSA) is 79.6 Å². The molecule has 3 heterocycles. The molecule has 2 fully saturated rings. The van der Waals surface area contributed by atoms with Crippen LogP contribution in [-0.2, 0) is 22.6 Å². The van der Waals surface area contributed by atoms with Crippen LogP contribution >= 0.6 is 0 Å². The summed E-state index contributed by atoms with van der Waals surface area (Å²) in [7, 11) is 1.94. The van der Waals surface area contributed by atoms with Crippen LogP contribution in [0.3, 0.4) is 0 Å². The van der Waals surface area contributed by atoms with Crippen LogP contribution in [0.4, 0.5) is 0 Å². The second-order valence-electron chi connectivity index (χ2n) is 8.89. The van der Waals surface area contributed by atoms with Gasteiger partial charge < -0.3 is 14.5 Å². The van der Waals surface area contributed by atoms with Gasteiger partial charge in [0.05, 0.1) is 19.8 Å². The van der Waals surface area contributed by atoms with Crippen LogP contribution < -0.4 is 0 Å². The Hall–Kier alpha value is -1.58. The van der Waals surface area contributed by atoms with Gasteiger partial charge in [-0.05, 0) is 41.6 Å². The lowest BCUT2D eigenvalue weighted by molar-refractivity contribution is -0.130. The van der Waals surface area contributed by atoms with E-state index in [-0.39, 0.29) is 5.91 Å². The van der Waals surface area contributed by atoms with Gasteiger partial charge in [0.15, 0.2) is 5.82 Å². The number of amides is 1. The molecule has 164 valence electrons. The minimum atomic E-state index is 0.218. The van der Waals surface area contributed by atoms with Crippen molar-refractivity contribution in [2.24, 2.45) is 11.8 Å². The van der Waals surface area contributed by atoms with Crippen LogP contribution in [0.25, 0.3) is 0 Å². The van der Waals surface area contributed by atoms with Crippen LogP contribution in [0.1, 0.15) is 38.9 Å². The largest absolute Gasteiger partial charge is 0.379 e. The molecule has 9 nitrogen and oxygen atoms in total. The van der Waals surface area contributed by atoms with Crippen molar-refractivity contribution in [2.75, 3.05) is 59.5 Å². The lowest BCUT2D eigenvalue weighted by atomic mass is 10.1. The summed E-state index contributed by atoms with van der Waals surface area (Å²) in [5.74, 6) is 2.38. The minimum absolute atomic E-state index is 0.218. The molecule has 1 amide bonds. The number of morpholine rings is 1. The summed E-state index contributed by atoms with van der Waals surface area (Å²) in [6.45, 7) is 13.6. The highest BCUT2D eigenvalue weighted by Gasteiger charge is 2.25. The molecule has 1 atom stereocenters. The van der Waals surface area contributed by atoms with Crippen molar-refractivity contribution < 1.29 is 9.53 Å². The number of hydrogen-bond donors (Lipinski definition) is 0. The Bertz CT molecular complexity index is 630. The van der Waals surface area contributed by atoms with Gasteiger partial charge in [-0.25, -0.2) is 4.68 Å². The summed E-state index contributed by atoms with van der Waals surface area (Å²) in [6.07, 6.45) is 2.49. The molecule has 9 heteroatoms. The maximum absolute atomic E-state index is 12.5. The maximum Gasteiger partial charge on any atom is 0.222 e. The minimum Gasteiger partial charge on any atom is -0.379 e. The zero-order chi connectivity index (χ0) is 20.6. The average molecular weight is 408 g/mol. The van der Waals surface area contributed by atoms with E-state index in [4.69, 9.17) is 4.74 Å². The van der Waals surface area contributed by atoms with Crippen molar-refractivity contribution in [3.05, 3.63) is 5.82 Å². The predicted octanol–water partition coefficient (Wildman–Crippen LogP) is 0.722. The quantitative estimate of drug-likeness (QED) is 0.565. The van der Waals surface area contributed by atoms with Crippen LogP contribution in [0.2, 0.25) is 0 Å². The SMILES string of the molecule is CC(C)CN1CC[C@@H](CN(C)C(=O)CCCn2nnnc2CN2CCOCC2)C1. The first-order chi connectivity index (χ1) is 14.0. The highest BCUT2D eigenvalue weighted by Crippen LogP contribution is 2.18. The number of tetrazole rings is 1. The first-order valence-corrected chi connectivity index (χ1v) is 11.0. The van der Waals surface area contributed by atoms with Crippen molar-refractivity contribution in [1.82, 2.24) is 34.9 Å². The monoisotopic (exact) mass is 407 g/mol. The second-order valence-corrected chi connectivity index (χ2v) is 8.89. The van der Waals surface area contributed by atoms with Crippen LogP contribution in [0.5, 0.6) is 0 Å². The fourth-order valence-electron chi connectivity index (χ4n) is 4.27. The highest BCUT2D eigenvalue weighted by molar-refractivity contribution is 5.75. The number of nitrogens with zero attached hydrogens (tertiary/aromatic N) is 7. The number of carbonyl (C=O) groups excluding carboxylic acids is 1. The lowest BCUT2D eigenvalue weighted by Crippen LogP contribution is -2.36.